The average molecular weight is 751 g/mol. The van der Waals surface area contributed by atoms with Crippen LogP contribution in [-0.4, -0.2) is 47.0 Å². The fraction of sp³-hybridized carbons (Fsp3) is 0.189. The van der Waals surface area contributed by atoms with Gasteiger partial charge in [0.2, 0.25) is 11.9 Å². The van der Waals surface area contributed by atoms with E-state index in [9.17, 15) is 38.9 Å². The van der Waals surface area contributed by atoms with Crippen molar-refractivity contribution in [3.63, 3.8) is 0 Å². The molecule has 268 valence electrons. The highest BCUT2D eigenvalue weighted by molar-refractivity contribution is 6.33. The maximum atomic E-state index is 14.2. The van der Waals surface area contributed by atoms with E-state index < -0.39 is 63.1 Å². The minimum Gasteiger partial charge on any atom is -0.458 e. The smallest absolute Gasteiger partial charge is 0.364 e. The SMILES string of the molecule is CC(C)(C)OC(=O)C(OC=O)(C(=O)c1ccccc1C=O)c1ccc(C(=O)OC(C(=O)OCc2ccccc2[N+](=O)[O-])c2ccc(Cl)cc2)cc1Cl. The van der Waals surface area contributed by atoms with Crippen molar-refractivity contribution in [2.24, 2.45) is 0 Å². The first-order valence-electron chi connectivity index (χ1n) is 15.2. The Labute approximate surface area is 306 Å². The largest absolute Gasteiger partial charge is 0.458 e. The lowest BCUT2D eigenvalue weighted by Crippen LogP contribution is -2.50. The van der Waals surface area contributed by atoms with Gasteiger partial charge in [0.25, 0.3) is 17.8 Å². The van der Waals surface area contributed by atoms with Gasteiger partial charge in [-0.3, -0.25) is 24.5 Å². The fourth-order valence-electron chi connectivity index (χ4n) is 4.94. The maximum absolute atomic E-state index is 14.2. The molecule has 2 unspecified atom stereocenters. The van der Waals surface area contributed by atoms with Crippen LogP contribution >= 0.6 is 23.2 Å². The van der Waals surface area contributed by atoms with E-state index in [1.165, 1.54) is 93.6 Å². The van der Waals surface area contributed by atoms with Gasteiger partial charge >= 0.3 is 17.9 Å². The number of carbonyl (C=O) groups is 6. The molecule has 0 aliphatic rings. The van der Waals surface area contributed by atoms with Crippen molar-refractivity contribution in [2.75, 3.05) is 0 Å². The molecule has 0 aliphatic heterocycles. The molecule has 0 radical (unpaired) electrons. The van der Waals surface area contributed by atoms with Crippen LogP contribution in [0.25, 0.3) is 0 Å². The summed E-state index contributed by atoms with van der Waals surface area (Å²) in [6.07, 6.45) is -1.33. The zero-order valence-electron chi connectivity index (χ0n) is 27.7. The van der Waals surface area contributed by atoms with Crippen LogP contribution in [0, 0.1) is 10.1 Å². The van der Waals surface area contributed by atoms with Crippen LogP contribution in [0.5, 0.6) is 0 Å². The van der Waals surface area contributed by atoms with Gasteiger partial charge in [-0.1, -0.05) is 77.8 Å². The summed E-state index contributed by atoms with van der Waals surface area (Å²) in [5.41, 5.74) is -5.30. The number of aldehydes is 1. The molecule has 15 heteroatoms. The molecule has 4 rings (SSSR count). The molecule has 0 bridgehead atoms. The summed E-state index contributed by atoms with van der Waals surface area (Å²) in [6, 6.07) is 19.9. The number of nitro benzene ring substituents is 1. The number of rotatable bonds is 14. The van der Waals surface area contributed by atoms with Gasteiger partial charge < -0.3 is 18.9 Å². The fourth-order valence-corrected chi connectivity index (χ4v) is 5.38. The number of halogens is 2. The number of ether oxygens (including phenoxy) is 4. The number of para-hydroxylation sites is 1. The van der Waals surface area contributed by atoms with Gasteiger partial charge in [-0.25, -0.2) is 14.4 Å². The Morgan fingerprint density at radius 3 is 2.15 bits per heavy atom. The van der Waals surface area contributed by atoms with Crippen LogP contribution in [-0.2, 0) is 45.5 Å². The van der Waals surface area contributed by atoms with Gasteiger partial charge in [-0.05, 0) is 51.1 Å². The van der Waals surface area contributed by atoms with E-state index >= 15 is 0 Å². The van der Waals surface area contributed by atoms with Crippen LogP contribution in [0.2, 0.25) is 10.0 Å². The van der Waals surface area contributed by atoms with Crippen LogP contribution in [0.3, 0.4) is 0 Å². The van der Waals surface area contributed by atoms with E-state index in [0.717, 1.165) is 18.2 Å². The Morgan fingerprint density at radius 2 is 1.54 bits per heavy atom. The lowest BCUT2D eigenvalue weighted by Gasteiger charge is -2.33. The number of Topliss-reactive ketones (excluding diaryl/α,β-unsaturated/α-hetero) is 1. The number of nitro groups is 1. The standard InChI is InChI=1S/C37H29Cl2NO12/c1-36(2,3)52-35(46)37(50-21-42,32(43)27-10-6-4-8-24(27)19-41)28-17-14-23(18-29(28)39)33(44)51-31(22-12-15-26(38)16-13-22)34(45)49-20-25-9-5-7-11-30(25)40(47)48/h4-19,21,31H,20H2,1-3H3. The topological polar surface area (TPSA) is 182 Å². The van der Waals surface area contributed by atoms with E-state index in [-0.39, 0.29) is 40.0 Å². The first-order valence-corrected chi connectivity index (χ1v) is 16.0. The highest BCUT2D eigenvalue weighted by Gasteiger charge is 2.55. The van der Waals surface area contributed by atoms with E-state index in [1.54, 1.807) is 0 Å². The highest BCUT2D eigenvalue weighted by atomic mass is 35.5. The molecule has 0 amide bonds. The van der Waals surface area contributed by atoms with Crippen molar-refractivity contribution in [3.8, 4) is 0 Å². The zero-order chi connectivity index (χ0) is 38.2. The predicted octanol–water partition coefficient (Wildman–Crippen LogP) is 6.95. The van der Waals surface area contributed by atoms with E-state index in [4.69, 9.17) is 42.1 Å². The van der Waals surface area contributed by atoms with Crippen molar-refractivity contribution in [1.29, 1.82) is 0 Å². The number of hydrogen-bond donors (Lipinski definition) is 0. The second-order valence-corrected chi connectivity index (χ2v) is 12.8. The monoisotopic (exact) mass is 749 g/mol. The molecule has 2 atom stereocenters. The maximum Gasteiger partial charge on any atom is 0.364 e. The molecule has 13 nitrogen and oxygen atoms in total. The summed E-state index contributed by atoms with van der Waals surface area (Å²) >= 11 is 12.6. The Bertz CT molecular complexity index is 2040. The second kappa shape index (κ2) is 16.4. The van der Waals surface area contributed by atoms with E-state index in [0.29, 0.717) is 11.3 Å². The molecular weight excluding hydrogens is 721 g/mol. The van der Waals surface area contributed by atoms with Crippen molar-refractivity contribution < 1.29 is 52.6 Å². The molecule has 0 spiro atoms. The Morgan fingerprint density at radius 1 is 0.885 bits per heavy atom. The van der Waals surface area contributed by atoms with Crippen LogP contribution < -0.4 is 0 Å². The molecule has 0 saturated heterocycles. The normalized spacial score (nSPS) is 12.7. The zero-order valence-corrected chi connectivity index (χ0v) is 29.2. The van der Waals surface area contributed by atoms with Crippen LogP contribution in [0.4, 0.5) is 5.69 Å². The third kappa shape index (κ3) is 8.68. The number of hydrogen-bond acceptors (Lipinski definition) is 12. The third-order valence-corrected chi connectivity index (χ3v) is 7.88. The Hall–Kier alpha value is -5.92. The molecule has 0 N–H and O–H groups in total. The van der Waals surface area contributed by atoms with Crippen LogP contribution in [0.15, 0.2) is 91.0 Å². The van der Waals surface area contributed by atoms with Gasteiger partial charge in [0.1, 0.15) is 12.2 Å². The average Bonchev–Trinajstić information content (AvgIpc) is 3.11. The Kier molecular flexibility index (Phi) is 12.3. The number of carbonyl (C=O) groups excluding carboxylic acids is 6. The summed E-state index contributed by atoms with van der Waals surface area (Å²) in [7, 11) is 0. The van der Waals surface area contributed by atoms with Crippen molar-refractivity contribution in [3.05, 3.63) is 145 Å². The van der Waals surface area contributed by atoms with Gasteiger partial charge in [0.15, 0.2) is 6.29 Å². The summed E-state index contributed by atoms with van der Waals surface area (Å²) in [5.74, 6) is -4.73. The third-order valence-electron chi connectivity index (χ3n) is 7.32. The summed E-state index contributed by atoms with van der Waals surface area (Å²) in [6.45, 7) is 3.83. The number of nitrogens with zero attached hydrogens (tertiary/aromatic N) is 1. The first kappa shape index (κ1) is 38.9. The molecule has 4 aromatic carbocycles. The number of benzene rings is 4. The minimum atomic E-state index is -2.89. The van der Waals surface area contributed by atoms with E-state index in [2.05, 4.69) is 0 Å². The molecule has 0 saturated carbocycles. The molecule has 0 heterocycles. The minimum absolute atomic E-state index is 0.0840. The highest BCUT2D eigenvalue weighted by Crippen LogP contribution is 2.38. The first-order chi connectivity index (χ1) is 24.6. The van der Waals surface area contributed by atoms with Crippen molar-refractivity contribution in [2.45, 2.75) is 44.7 Å². The lowest BCUT2D eigenvalue weighted by molar-refractivity contribution is -0.385. The number of ketones is 1. The quantitative estimate of drug-likeness (QED) is 0.0246. The molecule has 0 aliphatic carbocycles. The van der Waals surface area contributed by atoms with Gasteiger partial charge in [-0.2, -0.15) is 0 Å². The van der Waals surface area contributed by atoms with E-state index in [1.807, 2.05) is 0 Å². The summed E-state index contributed by atoms with van der Waals surface area (Å²) in [4.78, 5) is 89.4. The van der Waals surface area contributed by atoms with Crippen molar-refractivity contribution in [1.82, 2.24) is 0 Å². The number of esters is 3. The van der Waals surface area contributed by atoms with Crippen LogP contribution in [0.1, 0.15) is 74.6 Å². The molecule has 52 heavy (non-hydrogen) atoms. The van der Waals surface area contributed by atoms with Crippen molar-refractivity contribution >= 4 is 65.3 Å². The molecule has 4 aromatic rings. The summed E-state index contributed by atoms with van der Waals surface area (Å²) in [5, 5.41) is 11.3. The second-order valence-electron chi connectivity index (χ2n) is 12.0. The van der Waals surface area contributed by atoms with Gasteiger partial charge in [0, 0.05) is 38.4 Å². The molecule has 0 aromatic heterocycles. The van der Waals surface area contributed by atoms with Gasteiger partial charge in [-0.15, -0.1) is 0 Å². The lowest BCUT2D eigenvalue weighted by atomic mass is 9.83. The Balaban J connectivity index is 1.74. The molecule has 0 fully saturated rings. The van der Waals surface area contributed by atoms with Gasteiger partial charge in [0.05, 0.1) is 16.1 Å². The molecular formula is C37H29Cl2NO12. The predicted molar refractivity (Wildman–Crippen MR) is 185 cm³/mol. The summed E-state index contributed by atoms with van der Waals surface area (Å²) < 4.78 is 21.6.